The molecule has 0 radical (unpaired) electrons. The van der Waals surface area contributed by atoms with Crippen LogP contribution in [0, 0.1) is 0 Å². The predicted molar refractivity (Wildman–Crippen MR) is 41.6 cm³/mol. The lowest BCUT2D eigenvalue weighted by Crippen LogP contribution is -2.25. The van der Waals surface area contributed by atoms with Crippen molar-refractivity contribution >= 4 is 0 Å². The zero-order valence-corrected chi connectivity index (χ0v) is 6.79. The van der Waals surface area contributed by atoms with Crippen LogP contribution in [0.15, 0.2) is 10.9 Å². The Morgan fingerprint density at radius 3 is 3.33 bits per heavy atom. The van der Waals surface area contributed by atoms with Crippen LogP contribution in [-0.2, 0) is 0 Å². The van der Waals surface area contributed by atoms with E-state index in [1.807, 2.05) is 0 Å². The molecule has 2 heterocycles. The largest absolute Gasteiger partial charge is 0.339 e. The summed E-state index contributed by atoms with van der Waals surface area (Å²) < 4.78 is 5.04. The molecule has 3 rings (SSSR count). The average molecular weight is 165 g/mol. The molecule has 4 heteroatoms. The quantitative estimate of drug-likeness (QED) is 0.664. The van der Waals surface area contributed by atoms with E-state index in [0.29, 0.717) is 11.5 Å². The molecule has 1 spiro atoms. The second kappa shape index (κ2) is 2.07. The highest BCUT2D eigenvalue weighted by molar-refractivity contribution is 5.23. The monoisotopic (exact) mass is 165 g/mol. The summed E-state index contributed by atoms with van der Waals surface area (Å²) in [5.74, 6) is 1.30. The summed E-state index contributed by atoms with van der Waals surface area (Å²) in [6, 6.07) is 0. The van der Waals surface area contributed by atoms with Crippen LogP contribution in [0.25, 0.3) is 0 Å². The predicted octanol–water partition coefficient (Wildman–Crippen LogP) is 0.679. The second-order valence-electron chi connectivity index (χ2n) is 3.72. The van der Waals surface area contributed by atoms with E-state index in [2.05, 4.69) is 15.5 Å². The fraction of sp³-hybridized carbons (Fsp3) is 0.750. The van der Waals surface area contributed by atoms with Crippen LogP contribution in [0.2, 0.25) is 0 Å². The fourth-order valence-electron chi connectivity index (χ4n) is 2.27. The van der Waals surface area contributed by atoms with Gasteiger partial charge in [-0.25, -0.2) is 0 Å². The van der Waals surface area contributed by atoms with Crippen molar-refractivity contribution in [1.29, 1.82) is 0 Å². The fourth-order valence-corrected chi connectivity index (χ4v) is 2.27. The average Bonchev–Trinajstić information content (AvgIpc) is 2.58. The molecule has 1 aliphatic carbocycles. The van der Waals surface area contributed by atoms with Gasteiger partial charge in [0.15, 0.2) is 6.33 Å². The van der Waals surface area contributed by atoms with Gasteiger partial charge in [-0.15, -0.1) is 0 Å². The van der Waals surface area contributed by atoms with E-state index < -0.39 is 0 Å². The lowest BCUT2D eigenvalue weighted by Gasteiger charge is -2.05. The molecule has 2 aliphatic rings. The zero-order chi connectivity index (χ0) is 8.02. The highest BCUT2D eigenvalue weighted by Gasteiger charge is 2.58. The van der Waals surface area contributed by atoms with Crippen LogP contribution in [0.4, 0.5) is 0 Å². The van der Waals surface area contributed by atoms with Crippen LogP contribution in [0.1, 0.15) is 31.1 Å². The van der Waals surface area contributed by atoms with E-state index in [9.17, 15) is 0 Å². The Bertz CT molecular complexity index is 277. The molecule has 1 saturated carbocycles. The maximum absolute atomic E-state index is 5.04. The van der Waals surface area contributed by atoms with Gasteiger partial charge in [-0.2, -0.15) is 4.98 Å². The van der Waals surface area contributed by atoms with E-state index in [1.165, 1.54) is 25.6 Å². The molecule has 4 nitrogen and oxygen atoms in total. The van der Waals surface area contributed by atoms with Crippen LogP contribution in [-0.4, -0.2) is 22.2 Å². The number of hydrogen-bond acceptors (Lipinski definition) is 4. The third-order valence-electron chi connectivity index (χ3n) is 3.03. The first kappa shape index (κ1) is 6.60. The summed E-state index contributed by atoms with van der Waals surface area (Å²) in [6.07, 6.45) is 5.20. The molecule has 2 fully saturated rings. The minimum atomic E-state index is 0.340. The molecule has 1 aromatic rings. The Balaban J connectivity index is 1.83. The van der Waals surface area contributed by atoms with Gasteiger partial charge in [0.2, 0.25) is 5.89 Å². The van der Waals surface area contributed by atoms with Gasteiger partial charge in [-0.05, 0) is 25.8 Å². The summed E-state index contributed by atoms with van der Waals surface area (Å²) in [5.41, 5.74) is 0.340. The SMILES string of the molecule is c1noc(C2CC23CCCN3)n1. The first-order chi connectivity index (χ1) is 5.91. The summed E-state index contributed by atoms with van der Waals surface area (Å²) in [4.78, 5) is 4.08. The topological polar surface area (TPSA) is 51.0 Å². The zero-order valence-electron chi connectivity index (χ0n) is 6.79. The second-order valence-corrected chi connectivity index (χ2v) is 3.72. The molecule has 64 valence electrons. The molecule has 0 amide bonds. The minimum absolute atomic E-state index is 0.340. The van der Waals surface area contributed by atoms with E-state index in [-0.39, 0.29) is 0 Å². The Labute approximate surface area is 70.3 Å². The molecular formula is C8H11N3O. The van der Waals surface area contributed by atoms with E-state index in [1.54, 1.807) is 0 Å². The highest BCUT2D eigenvalue weighted by atomic mass is 16.5. The van der Waals surface area contributed by atoms with E-state index in [4.69, 9.17) is 4.52 Å². The Kier molecular flexibility index (Phi) is 1.14. The van der Waals surface area contributed by atoms with Gasteiger partial charge >= 0.3 is 0 Å². The Hall–Kier alpha value is -0.900. The standard InChI is InChI=1S/C8H11N3O/c1-2-8(10-3-1)4-6(8)7-9-5-11-12-7/h5-6,10H,1-4H2. The molecule has 12 heavy (non-hydrogen) atoms. The van der Waals surface area contributed by atoms with Gasteiger partial charge in [0.05, 0.1) is 5.92 Å². The van der Waals surface area contributed by atoms with Gasteiger partial charge in [0.25, 0.3) is 0 Å². The molecule has 0 aromatic carbocycles. The van der Waals surface area contributed by atoms with Crippen molar-refractivity contribution in [3.8, 4) is 0 Å². The maximum atomic E-state index is 5.04. The maximum Gasteiger partial charge on any atom is 0.231 e. The Morgan fingerprint density at radius 1 is 1.67 bits per heavy atom. The van der Waals surface area contributed by atoms with E-state index >= 15 is 0 Å². The number of nitrogens with zero attached hydrogens (tertiary/aromatic N) is 2. The van der Waals surface area contributed by atoms with E-state index in [0.717, 1.165) is 12.4 Å². The van der Waals surface area contributed by atoms with Crippen molar-refractivity contribution in [3.63, 3.8) is 0 Å². The number of nitrogens with one attached hydrogen (secondary N) is 1. The molecule has 1 N–H and O–H groups in total. The molecule has 2 atom stereocenters. The van der Waals surface area contributed by atoms with Crippen LogP contribution in [0.3, 0.4) is 0 Å². The van der Waals surface area contributed by atoms with Crippen molar-refractivity contribution in [2.24, 2.45) is 0 Å². The van der Waals surface area contributed by atoms with Crippen molar-refractivity contribution in [3.05, 3.63) is 12.2 Å². The molecule has 0 bridgehead atoms. The third-order valence-corrected chi connectivity index (χ3v) is 3.03. The summed E-state index contributed by atoms with van der Waals surface area (Å²) in [5, 5.41) is 7.14. The van der Waals surface area contributed by atoms with Gasteiger partial charge in [-0.3, -0.25) is 0 Å². The smallest absolute Gasteiger partial charge is 0.231 e. The molecular weight excluding hydrogens is 154 g/mol. The third kappa shape index (κ3) is 0.756. The lowest BCUT2D eigenvalue weighted by molar-refractivity contribution is 0.367. The first-order valence-electron chi connectivity index (χ1n) is 4.42. The molecule has 1 aliphatic heterocycles. The first-order valence-corrected chi connectivity index (χ1v) is 4.42. The molecule has 2 unspecified atom stereocenters. The van der Waals surface area contributed by atoms with Crippen molar-refractivity contribution in [2.45, 2.75) is 30.7 Å². The number of aromatic nitrogens is 2. The van der Waals surface area contributed by atoms with Gasteiger partial charge in [-0.1, -0.05) is 5.16 Å². The van der Waals surface area contributed by atoms with Crippen molar-refractivity contribution in [1.82, 2.24) is 15.5 Å². The van der Waals surface area contributed by atoms with Crippen LogP contribution >= 0.6 is 0 Å². The van der Waals surface area contributed by atoms with Crippen molar-refractivity contribution < 1.29 is 4.52 Å². The molecule has 1 aromatic heterocycles. The lowest BCUT2D eigenvalue weighted by atomic mass is 10.1. The molecule has 1 saturated heterocycles. The summed E-state index contributed by atoms with van der Waals surface area (Å²) in [7, 11) is 0. The number of hydrogen-bond donors (Lipinski definition) is 1. The van der Waals surface area contributed by atoms with Gasteiger partial charge in [0.1, 0.15) is 0 Å². The normalized spacial score (nSPS) is 39.2. The summed E-state index contributed by atoms with van der Waals surface area (Å²) >= 11 is 0. The highest BCUT2D eigenvalue weighted by Crippen LogP contribution is 2.55. The number of rotatable bonds is 1. The van der Waals surface area contributed by atoms with Gasteiger partial charge in [0, 0.05) is 5.54 Å². The van der Waals surface area contributed by atoms with Crippen LogP contribution in [0.5, 0.6) is 0 Å². The Morgan fingerprint density at radius 2 is 2.67 bits per heavy atom. The van der Waals surface area contributed by atoms with Crippen molar-refractivity contribution in [2.75, 3.05) is 6.54 Å². The summed E-state index contributed by atoms with van der Waals surface area (Å²) in [6.45, 7) is 1.14. The van der Waals surface area contributed by atoms with Crippen LogP contribution < -0.4 is 5.32 Å². The van der Waals surface area contributed by atoms with Gasteiger partial charge < -0.3 is 9.84 Å². The minimum Gasteiger partial charge on any atom is -0.339 e.